The van der Waals surface area contributed by atoms with Crippen molar-refractivity contribution in [2.75, 3.05) is 0 Å². The van der Waals surface area contributed by atoms with Crippen LogP contribution < -0.4 is 0 Å². The highest BCUT2D eigenvalue weighted by Crippen LogP contribution is 2.70. The minimum Gasteiger partial charge on any atom is -0.223 e. The lowest BCUT2D eigenvalue weighted by atomic mass is 9.85. The number of sulfone groups is 1. The molecule has 0 amide bonds. The molecule has 2 nitrogen and oxygen atoms in total. The molecule has 0 N–H and O–H groups in total. The monoisotopic (exact) mass is 332 g/mol. The largest absolute Gasteiger partial charge is 0.223 e. The van der Waals surface area contributed by atoms with Crippen LogP contribution in [0.5, 0.6) is 0 Å². The van der Waals surface area contributed by atoms with Gasteiger partial charge < -0.3 is 0 Å². The van der Waals surface area contributed by atoms with Gasteiger partial charge in [0.1, 0.15) is 4.75 Å². The van der Waals surface area contributed by atoms with Gasteiger partial charge in [-0.2, -0.15) is 0 Å². The van der Waals surface area contributed by atoms with Gasteiger partial charge in [0.05, 0.1) is 4.90 Å². The highest BCUT2D eigenvalue weighted by molar-refractivity contribution is 7.92. The molecule has 0 saturated heterocycles. The molecular weight excluding hydrogens is 316 g/mol. The predicted molar refractivity (Wildman–Crippen MR) is 94.5 cm³/mol. The molecule has 24 heavy (non-hydrogen) atoms. The number of benzene rings is 3. The number of hydrogen-bond acceptors (Lipinski definition) is 2. The van der Waals surface area contributed by atoms with Gasteiger partial charge in [-0.05, 0) is 40.8 Å². The van der Waals surface area contributed by atoms with Gasteiger partial charge in [0.15, 0.2) is 9.84 Å². The van der Waals surface area contributed by atoms with Crippen LogP contribution in [-0.4, -0.2) is 8.42 Å². The molecule has 0 aromatic heterocycles. The molecule has 0 unspecified atom stereocenters. The Hall–Kier alpha value is -2.39. The third kappa shape index (κ3) is 1.58. The lowest BCUT2D eigenvalue weighted by molar-refractivity contribution is 0.577. The van der Waals surface area contributed by atoms with Crippen molar-refractivity contribution < 1.29 is 8.42 Å². The summed E-state index contributed by atoms with van der Waals surface area (Å²) in [5, 5.41) is 0. The average Bonchev–Trinajstić information content (AvgIpc) is 3.41. The summed E-state index contributed by atoms with van der Waals surface area (Å²) in [7, 11) is -3.44. The number of fused-ring (bicyclic) bond motifs is 6. The second kappa shape index (κ2) is 4.58. The van der Waals surface area contributed by atoms with Crippen molar-refractivity contribution in [3.63, 3.8) is 0 Å². The van der Waals surface area contributed by atoms with Crippen molar-refractivity contribution in [2.45, 2.75) is 22.0 Å². The van der Waals surface area contributed by atoms with Crippen LogP contribution in [0.2, 0.25) is 0 Å². The van der Waals surface area contributed by atoms with Crippen molar-refractivity contribution in [1.82, 2.24) is 0 Å². The lowest BCUT2D eigenvalue weighted by Crippen LogP contribution is -2.26. The fourth-order valence-electron chi connectivity index (χ4n) is 4.29. The van der Waals surface area contributed by atoms with Crippen molar-refractivity contribution >= 4 is 9.84 Å². The van der Waals surface area contributed by atoms with E-state index >= 15 is 0 Å². The summed E-state index contributed by atoms with van der Waals surface area (Å²) in [6.45, 7) is 0. The second-order valence-corrected chi connectivity index (χ2v) is 8.80. The lowest BCUT2D eigenvalue weighted by Gasteiger charge is -2.27. The van der Waals surface area contributed by atoms with E-state index in [-0.39, 0.29) is 5.92 Å². The third-order valence-corrected chi connectivity index (χ3v) is 7.98. The van der Waals surface area contributed by atoms with Crippen LogP contribution in [0.25, 0.3) is 11.1 Å². The van der Waals surface area contributed by atoms with E-state index in [1.54, 1.807) is 24.3 Å². The van der Waals surface area contributed by atoms with E-state index in [0.29, 0.717) is 11.3 Å². The Morgan fingerprint density at radius 2 is 1.38 bits per heavy atom. The van der Waals surface area contributed by atoms with Gasteiger partial charge in [0.2, 0.25) is 0 Å². The van der Waals surface area contributed by atoms with Gasteiger partial charge in [-0.3, -0.25) is 0 Å². The molecule has 0 radical (unpaired) electrons. The summed E-state index contributed by atoms with van der Waals surface area (Å²) < 4.78 is 26.2. The SMILES string of the molecule is O=S(=O)(c1ccccc1)[C@@]12C[C@@H]1c1ccccc1-c1ccccc12. The molecule has 3 aromatic rings. The Labute approximate surface area is 141 Å². The Kier molecular flexibility index (Phi) is 2.67. The molecule has 0 bridgehead atoms. The van der Waals surface area contributed by atoms with Crippen molar-refractivity contribution in [1.29, 1.82) is 0 Å². The Bertz CT molecular complexity index is 1050. The maximum atomic E-state index is 13.5. The molecular formula is C21H16O2S. The van der Waals surface area contributed by atoms with Crippen LogP contribution in [0.3, 0.4) is 0 Å². The molecule has 2 aliphatic rings. The first kappa shape index (κ1) is 14.0. The second-order valence-electron chi connectivity index (χ2n) is 6.60. The molecule has 0 spiro atoms. The van der Waals surface area contributed by atoms with E-state index in [4.69, 9.17) is 0 Å². The fourth-order valence-corrected chi connectivity index (χ4v) is 6.58. The van der Waals surface area contributed by atoms with Crippen LogP contribution >= 0.6 is 0 Å². The van der Waals surface area contributed by atoms with E-state index in [2.05, 4.69) is 12.1 Å². The third-order valence-electron chi connectivity index (χ3n) is 5.45. The summed E-state index contributed by atoms with van der Waals surface area (Å²) in [5.74, 6) is 0.0498. The first-order valence-corrected chi connectivity index (χ1v) is 9.63. The van der Waals surface area contributed by atoms with E-state index in [1.807, 2.05) is 42.5 Å². The van der Waals surface area contributed by atoms with Crippen molar-refractivity contribution in [3.05, 3.63) is 90.0 Å². The molecule has 2 aliphatic carbocycles. The summed E-state index contributed by atoms with van der Waals surface area (Å²) in [6, 6.07) is 25.1. The fraction of sp³-hybridized carbons (Fsp3) is 0.143. The molecule has 3 aromatic carbocycles. The van der Waals surface area contributed by atoms with E-state index in [1.165, 1.54) is 5.56 Å². The number of hydrogen-bond donors (Lipinski definition) is 0. The van der Waals surface area contributed by atoms with Gasteiger partial charge in [0, 0.05) is 5.92 Å². The summed E-state index contributed by atoms with van der Waals surface area (Å²) >= 11 is 0. The van der Waals surface area contributed by atoms with Gasteiger partial charge in [0.25, 0.3) is 0 Å². The summed E-state index contributed by atoms with van der Waals surface area (Å²) in [6.07, 6.45) is 0.665. The first-order valence-electron chi connectivity index (χ1n) is 8.15. The zero-order valence-electron chi connectivity index (χ0n) is 13.0. The molecule has 1 saturated carbocycles. The topological polar surface area (TPSA) is 34.1 Å². The Morgan fingerprint density at radius 1 is 0.750 bits per heavy atom. The van der Waals surface area contributed by atoms with Crippen molar-refractivity contribution in [3.8, 4) is 11.1 Å². The quantitative estimate of drug-likeness (QED) is 0.691. The number of rotatable bonds is 2. The smallest absolute Gasteiger partial charge is 0.188 e. The first-order chi connectivity index (χ1) is 11.7. The molecule has 3 heteroatoms. The minimum atomic E-state index is -3.44. The highest BCUT2D eigenvalue weighted by Gasteiger charge is 2.68. The average molecular weight is 332 g/mol. The van der Waals surface area contributed by atoms with Crippen LogP contribution in [-0.2, 0) is 14.6 Å². The molecule has 0 heterocycles. The standard InChI is InChI=1S/C21H16O2S/c22-24(23,15-8-2-1-3-9-15)21-14-20(21)18-12-5-4-10-16(18)17-11-6-7-13-19(17)21/h1-13,20H,14H2/t20-,21-/m1/s1. The Morgan fingerprint density at radius 3 is 2.17 bits per heavy atom. The van der Waals surface area contributed by atoms with Gasteiger partial charge >= 0.3 is 0 Å². The van der Waals surface area contributed by atoms with Gasteiger partial charge in [-0.15, -0.1) is 0 Å². The maximum absolute atomic E-state index is 13.5. The normalized spacial score (nSPS) is 23.8. The van der Waals surface area contributed by atoms with E-state index < -0.39 is 14.6 Å². The highest BCUT2D eigenvalue weighted by atomic mass is 32.2. The van der Waals surface area contributed by atoms with E-state index in [9.17, 15) is 8.42 Å². The van der Waals surface area contributed by atoms with Crippen LogP contribution in [0, 0.1) is 0 Å². The minimum absolute atomic E-state index is 0.0498. The zero-order chi connectivity index (χ0) is 16.4. The van der Waals surface area contributed by atoms with E-state index in [0.717, 1.165) is 16.7 Å². The Balaban J connectivity index is 1.81. The van der Waals surface area contributed by atoms with Crippen LogP contribution in [0.15, 0.2) is 83.8 Å². The molecule has 2 atom stereocenters. The molecule has 0 aliphatic heterocycles. The molecule has 5 rings (SSSR count). The maximum Gasteiger partial charge on any atom is 0.188 e. The van der Waals surface area contributed by atoms with Crippen molar-refractivity contribution in [2.24, 2.45) is 0 Å². The van der Waals surface area contributed by atoms with Crippen LogP contribution in [0.1, 0.15) is 23.5 Å². The summed E-state index contributed by atoms with van der Waals surface area (Å²) in [5.41, 5.74) is 4.35. The van der Waals surface area contributed by atoms with Crippen LogP contribution in [0.4, 0.5) is 0 Å². The zero-order valence-corrected chi connectivity index (χ0v) is 13.8. The molecule has 1 fully saturated rings. The molecule has 118 valence electrons. The summed E-state index contributed by atoms with van der Waals surface area (Å²) in [4.78, 5) is 0.418. The van der Waals surface area contributed by atoms with Gasteiger partial charge in [-0.1, -0.05) is 66.7 Å². The van der Waals surface area contributed by atoms with Gasteiger partial charge in [-0.25, -0.2) is 8.42 Å². The predicted octanol–water partition coefficient (Wildman–Crippen LogP) is 4.52.